The number of methoxy groups -OCH3 is 1. The Kier molecular flexibility index (Phi) is 4.88. The predicted molar refractivity (Wildman–Crippen MR) is 84.0 cm³/mol. The van der Waals surface area contributed by atoms with Gasteiger partial charge in [-0.1, -0.05) is 29.8 Å². The maximum Gasteiger partial charge on any atom is 0.123 e. The molecule has 0 unspecified atom stereocenters. The summed E-state index contributed by atoms with van der Waals surface area (Å²) in [5.74, 6) is 0.901. The number of halogens is 1. The SMILES string of the molecule is COc1ccccc1CN(C)Cc1cc(N)ccc1Cl. The Morgan fingerprint density at radius 3 is 2.55 bits per heavy atom. The lowest BCUT2D eigenvalue weighted by Crippen LogP contribution is -2.18. The van der Waals surface area contributed by atoms with Crippen molar-refractivity contribution in [3.05, 3.63) is 58.6 Å². The molecule has 0 radical (unpaired) electrons. The number of nitrogens with two attached hydrogens (primary N) is 1. The summed E-state index contributed by atoms with van der Waals surface area (Å²) in [5, 5.41) is 0.742. The lowest BCUT2D eigenvalue weighted by molar-refractivity contribution is 0.310. The standard InChI is InChI=1S/C16H19ClN2O/c1-19(10-12-5-3-4-6-16(12)20-2)11-13-9-14(18)7-8-15(13)17/h3-9H,10-11,18H2,1-2H3. The zero-order valence-electron chi connectivity index (χ0n) is 11.8. The van der Waals surface area contributed by atoms with Gasteiger partial charge in [0.2, 0.25) is 0 Å². The Bertz CT molecular complexity index is 586. The van der Waals surface area contributed by atoms with Crippen LogP contribution in [0.3, 0.4) is 0 Å². The minimum atomic E-state index is 0.732. The molecule has 106 valence electrons. The summed E-state index contributed by atoms with van der Waals surface area (Å²) >= 11 is 6.19. The van der Waals surface area contributed by atoms with Gasteiger partial charge in [0.25, 0.3) is 0 Å². The molecule has 3 nitrogen and oxygen atoms in total. The molecule has 2 N–H and O–H groups in total. The van der Waals surface area contributed by atoms with Crippen LogP contribution < -0.4 is 10.5 Å². The first kappa shape index (κ1) is 14.7. The molecule has 2 aromatic rings. The molecule has 0 aliphatic heterocycles. The van der Waals surface area contributed by atoms with Gasteiger partial charge in [0, 0.05) is 29.4 Å². The van der Waals surface area contributed by atoms with Crippen LogP contribution >= 0.6 is 11.6 Å². The van der Waals surface area contributed by atoms with Gasteiger partial charge in [-0.25, -0.2) is 0 Å². The monoisotopic (exact) mass is 290 g/mol. The molecule has 4 heteroatoms. The van der Waals surface area contributed by atoms with E-state index in [2.05, 4.69) is 11.0 Å². The molecule has 0 aliphatic rings. The third kappa shape index (κ3) is 3.65. The molecule has 0 saturated heterocycles. The minimum absolute atomic E-state index is 0.732. The molecule has 2 aromatic carbocycles. The van der Waals surface area contributed by atoms with Gasteiger partial charge < -0.3 is 10.5 Å². The molecule has 20 heavy (non-hydrogen) atoms. The Labute approximate surface area is 124 Å². The second kappa shape index (κ2) is 6.64. The van der Waals surface area contributed by atoms with E-state index in [-0.39, 0.29) is 0 Å². The van der Waals surface area contributed by atoms with Crippen molar-refractivity contribution < 1.29 is 4.74 Å². The molecule has 0 fully saturated rings. The molecule has 0 atom stereocenters. The zero-order chi connectivity index (χ0) is 14.5. The maximum atomic E-state index is 6.19. The largest absolute Gasteiger partial charge is 0.496 e. The molecule has 0 aromatic heterocycles. The van der Waals surface area contributed by atoms with Gasteiger partial charge in [-0.05, 0) is 36.9 Å². The summed E-state index contributed by atoms with van der Waals surface area (Å²) < 4.78 is 5.37. The molecule has 2 rings (SSSR count). The van der Waals surface area contributed by atoms with E-state index in [0.717, 1.165) is 40.7 Å². The summed E-state index contributed by atoms with van der Waals surface area (Å²) in [7, 11) is 3.74. The fourth-order valence-electron chi connectivity index (χ4n) is 2.19. The van der Waals surface area contributed by atoms with Gasteiger partial charge in [-0.2, -0.15) is 0 Å². The van der Waals surface area contributed by atoms with Crippen LogP contribution in [0.4, 0.5) is 5.69 Å². The van der Waals surface area contributed by atoms with Gasteiger partial charge in [-0.3, -0.25) is 4.90 Å². The zero-order valence-corrected chi connectivity index (χ0v) is 12.5. The van der Waals surface area contributed by atoms with Crippen molar-refractivity contribution in [2.45, 2.75) is 13.1 Å². The van der Waals surface area contributed by atoms with Crippen LogP contribution in [0.1, 0.15) is 11.1 Å². The van der Waals surface area contributed by atoms with Crippen molar-refractivity contribution in [2.24, 2.45) is 0 Å². The summed E-state index contributed by atoms with van der Waals surface area (Å²) in [5.41, 5.74) is 8.72. The van der Waals surface area contributed by atoms with E-state index in [1.165, 1.54) is 0 Å². The molecule has 0 aliphatic carbocycles. The minimum Gasteiger partial charge on any atom is -0.496 e. The normalized spacial score (nSPS) is 10.8. The molecule has 0 heterocycles. The molecule has 0 amide bonds. The highest BCUT2D eigenvalue weighted by Gasteiger charge is 2.08. The van der Waals surface area contributed by atoms with Gasteiger partial charge in [0.1, 0.15) is 5.75 Å². The number of ether oxygens (including phenoxy) is 1. The molecular formula is C16H19ClN2O. The van der Waals surface area contributed by atoms with Crippen LogP contribution in [-0.2, 0) is 13.1 Å². The van der Waals surface area contributed by atoms with Crippen molar-refractivity contribution in [3.8, 4) is 5.75 Å². The van der Waals surface area contributed by atoms with E-state index in [1.54, 1.807) is 7.11 Å². The molecule has 0 saturated carbocycles. The fourth-order valence-corrected chi connectivity index (χ4v) is 2.36. The van der Waals surface area contributed by atoms with Crippen molar-refractivity contribution in [3.63, 3.8) is 0 Å². The van der Waals surface area contributed by atoms with Crippen LogP contribution in [0.5, 0.6) is 5.75 Å². The van der Waals surface area contributed by atoms with E-state index >= 15 is 0 Å². The number of anilines is 1. The second-order valence-corrected chi connectivity index (χ2v) is 5.24. The quantitative estimate of drug-likeness (QED) is 0.856. The van der Waals surface area contributed by atoms with Crippen LogP contribution in [-0.4, -0.2) is 19.1 Å². The van der Waals surface area contributed by atoms with Crippen molar-refractivity contribution in [2.75, 3.05) is 19.9 Å². The van der Waals surface area contributed by atoms with E-state index in [4.69, 9.17) is 22.1 Å². The number of rotatable bonds is 5. The van der Waals surface area contributed by atoms with Crippen LogP contribution in [0.25, 0.3) is 0 Å². The third-order valence-electron chi connectivity index (χ3n) is 3.14. The average Bonchev–Trinajstić information content (AvgIpc) is 2.43. The van der Waals surface area contributed by atoms with Crippen LogP contribution in [0, 0.1) is 0 Å². The van der Waals surface area contributed by atoms with Crippen molar-refractivity contribution >= 4 is 17.3 Å². The Balaban J connectivity index is 2.09. The van der Waals surface area contributed by atoms with Crippen molar-refractivity contribution in [1.82, 2.24) is 4.90 Å². The van der Waals surface area contributed by atoms with E-state index in [1.807, 2.05) is 43.4 Å². The fraction of sp³-hybridized carbons (Fsp3) is 0.250. The van der Waals surface area contributed by atoms with Crippen LogP contribution in [0.2, 0.25) is 5.02 Å². The first-order chi connectivity index (χ1) is 9.60. The highest BCUT2D eigenvalue weighted by Crippen LogP contribution is 2.23. The van der Waals surface area contributed by atoms with E-state index in [0.29, 0.717) is 0 Å². The lowest BCUT2D eigenvalue weighted by atomic mass is 10.1. The Hall–Kier alpha value is -1.71. The van der Waals surface area contributed by atoms with Gasteiger partial charge in [0.15, 0.2) is 0 Å². The van der Waals surface area contributed by atoms with E-state index in [9.17, 15) is 0 Å². The highest BCUT2D eigenvalue weighted by atomic mass is 35.5. The number of nitrogen functional groups attached to an aromatic ring is 1. The topological polar surface area (TPSA) is 38.5 Å². The predicted octanol–water partition coefficient (Wildman–Crippen LogP) is 3.56. The summed E-state index contributed by atoms with van der Waals surface area (Å²) in [6, 6.07) is 13.6. The lowest BCUT2D eigenvalue weighted by Gasteiger charge is -2.19. The summed E-state index contributed by atoms with van der Waals surface area (Å²) in [4.78, 5) is 2.18. The summed E-state index contributed by atoms with van der Waals surface area (Å²) in [6.45, 7) is 1.52. The molecule has 0 spiro atoms. The average molecular weight is 291 g/mol. The number of hydrogen-bond acceptors (Lipinski definition) is 3. The molecular weight excluding hydrogens is 272 g/mol. The summed E-state index contributed by atoms with van der Waals surface area (Å²) in [6.07, 6.45) is 0. The Morgan fingerprint density at radius 1 is 1.10 bits per heavy atom. The third-order valence-corrected chi connectivity index (χ3v) is 3.51. The van der Waals surface area contributed by atoms with Crippen molar-refractivity contribution in [1.29, 1.82) is 0 Å². The molecule has 0 bridgehead atoms. The highest BCUT2D eigenvalue weighted by molar-refractivity contribution is 6.31. The number of para-hydroxylation sites is 1. The maximum absolute atomic E-state index is 6.19. The van der Waals surface area contributed by atoms with Crippen LogP contribution in [0.15, 0.2) is 42.5 Å². The first-order valence-electron chi connectivity index (χ1n) is 6.44. The number of hydrogen-bond donors (Lipinski definition) is 1. The number of benzene rings is 2. The van der Waals surface area contributed by atoms with E-state index < -0.39 is 0 Å². The number of nitrogens with zero attached hydrogens (tertiary/aromatic N) is 1. The van der Waals surface area contributed by atoms with Gasteiger partial charge in [0.05, 0.1) is 7.11 Å². The first-order valence-corrected chi connectivity index (χ1v) is 6.82. The smallest absolute Gasteiger partial charge is 0.123 e. The van der Waals surface area contributed by atoms with Gasteiger partial charge in [-0.15, -0.1) is 0 Å². The van der Waals surface area contributed by atoms with Gasteiger partial charge >= 0.3 is 0 Å². The Morgan fingerprint density at radius 2 is 1.80 bits per heavy atom. The second-order valence-electron chi connectivity index (χ2n) is 4.83.